The van der Waals surface area contributed by atoms with Crippen LogP contribution in [0.2, 0.25) is 0 Å². The van der Waals surface area contributed by atoms with Gasteiger partial charge in [-0.1, -0.05) is 24.6 Å². The van der Waals surface area contributed by atoms with Gasteiger partial charge >= 0.3 is 0 Å². The molecule has 1 aliphatic rings. The van der Waals surface area contributed by atoms with E-state index in [1.54, 1.807) is 28.6 Å². The van der Waals surface area contributed by atoms with E-state index in [2.05, 4.69) is 10.2 Å². The zero-order valence-electron chi connectivity index (χ0n) is 18.0. The van der Waals surface area contributed by atoms with Crippen LogP contribution >= 0.6 is 0 Å². The average molecular weight is 430 g/mol. The number of carbonyl (C=O) groups excluding carboxylic acids is 1. The number of sulfonamides is 1. The van der Waals surface area contributed by atoms with Crippen molar-refractivity contribution in [1.82, 2.24) is 4.31 Å². The van der Waals surface area contributed by atoms with E-state index >= 15 is 0 Å². The van der Waals surface area contributed by atoms with Crippen molar-refractivity contribution in [3.63, 3.8) is 0 Å². The van der Waals surface area contributed by atoms with Gasteiger partial charge in [0.2, 0.25) is 10.0 Å². The molecule has 2 aromatic rings. The summed E-state index contributed by atoms with van der Waals surface area (Å²) in [5, 5.41) is 2.97. The van der Waals surface area contributed by atoms with Crippen LogP contribution in [0.5, 0.6) is 0 Å². The Morgan fingerprint density at radius 3 is 2.33 bits per heavy atom. The molecule has 0 radical (unpaired) electrons. The number of hydrogen-bond acceptors (Lipinski definition) is 4. The Kier molecular flexibility index (Phi) is 7.15. The smallest absolute Gasteiger partial charge is 0.255 e. The second-order valence-corrected chi connectivity index (χ2v) is 9.52. The Balaban J connectivity index is 2.00. The monoisotopic (exact) mass is 429 g/mol. The standard InChI is InChI=1S/C23H31N3O3S/c1-4-25(5-2)22-14-13-19(30(28,29)26-15-9-6-10-16-26)17-21(22)24-23(27)20-12-8-7-11-18(20)3/h7-8,11-14,17H,4-6,9-10,15-16H2,1-3H3,(H,24,27). The Labute approximate surface area is 179 Å². The van der Waals surface area contributed by atoms with Gasteiger partial charge < -0.3 is 10.2 Å². The van der Waals surface area contributed by atoms with Crippen molar-refractivity contribution in [1.29, 1.82) is 0 Å². The molecule has 1 aliphatic heterocycles. The molecule has 0 aromatic heterocycles. The van der Waals surface area contributed by atoms with Crippen LogP contribution in [0.4, 0.5) is 11.4 Å². The maximum atomic E-state index is 13.2. The molecule has 0 spiro atoms. The van der Waals surface area contributed by atoms with Crippen molar-refractivity contribution in [3.8, 4) is 0 Å². The largest absolute Gasteiger partial charge is 0.370 e. The van der Waals surface area contributed by atoms with Gasteiger partial charge in [-0.15, -0.1) is 0 Å². The highest BCUT2D eigenvalue weighted by Crippen LogP contribution is 2.31. The van der Waals surface area contributed by atoms with Crippen LogP contribution in [0.15, 0.2) is 47.4 Å². The predicted molar refractivity (Wildman–Crippen MR) is 122 cm³/mol. The average Bonchev–Trinajstić information content (AvgIpc) is 2.76. The molecule has 1 heterocycles. The lowest BCUT2D eigenvalue weighted by Gasteiger charge is -2.28. The molecule has 1 N–H and O–H groups in total. The number of nitrogens with zero attached hydrogens (tertiary/aromatic N) is 2. The van der Waals surface area contributed by atoms with Gasteiger partial charge in [0.05, 0.1) is 16.3 Å². The Bertz CT molecular complexity index is 995. The second-order valence-electron chi connectivity index (χ2n) is 7.59. The normalized spacial score (nSPS) is 15.0. The summed E-state index contributed by atoms with van der Waals surface area (Å²) in [6.07, 6.45) is 2.83. The summed E-state index contributed by atoms with van der Waals surface area (Å²) >= 11 is 0. The third-order valence-corrected chi connectivity index (χ3v) is 7.56. The molecular formula is C23H31N3O3S. The van der Waals surface area contributed by atoms with Gasteiger partial charge in [-0.3, -0.25) is 4.79 Å². The lowest BCUT2D eigenvalue weighted by atomic mass is 10.1. The summed E-state index contributed by atoms with van der Waals surface area (Å²) in [6.45, 7) is 8.56. The quantitative estimate of drug-likeness (QED) is 0.714. The minimum atomic E-state index is -3.59. The maximum Gasteiger partial charge on any atom is 0.255 e. The summed E-state index contributed by atoms with van der Waals surface area (Å²) in [5.41, 5.74) is 2.79. The minimum absolute atomic E-state index is 0.223. The molecule has 0 bridgehead atoms. The number of amides is 1. The highest BCUT2D eigenvalue weighted by atomic mass is 32.2. The second kappa shape index (κ2) is 9.62. The van der Waals surface area contributed by atoms with E-state index in [9.17, 15) is 13.2 Å². The van der Waals surface area contributed by atoms with Crippen LogP contribution in [-0.2, 0) is 10.0 Å². The van der Waals surface area contributed by atoms with Gasteiger partial charge in [0.1, 0.15) is 0 Å². The topological polar surface area (TPSA) is 69.7 Å². The highest BCUT2D eigenvalue weighted by Gasteiger charge is 2.27. The van der Waals surface area contributed by atoms with Crippen molar-refractivity contribution < 1.29 is 13.2 Å². The molecule has 1 amide bonds. The fourth-order valence-electron chi connectivity index (χ4n) is 3.89. The van der Waals surface area contributed by atoms with E-state index in [0.717, 1.165) is 43.6 Å². The van der Waals surface area contributed by atoms with Crippen LogP contribution in [0.1, 0.15) is 49.0 Å². The number of nitrogens with one attached hydrogen (secondary N) is 1. The van der Waals surface area contributed by atoms with Gasteiger partial charge in [-0.05, 0) is 63.4 Å². The lowest BCUT2D eigenvalue weighted by Crippen LogP contribution is -2.35. The number of piperidine rings is 1. The summed E-state index contributed by atoms with van der Waals surface area (Å²) < 4.78 is 27.9. The number of aryl methyl sites for hydroxylation is 1. The van der Waals surface area contributed by atoms with Gasteiger partial charge in [0, 0.05) is 31.7 Å². The summed E-state index contributed by atoms with van der Waals surface area (Å²) in [5.74, 6) is -0.242. The van der Waals surface area contributed by atoms with E-state index in [1.165, 1.54) is 0 Å². The molecular weight excluding hydrogens is 398 g/mol. The third-order valence-electron chi connectivity index (χ3n) is 5.66. The van der Waals surface area contributed by atoms with Crippen LogP contribution in [0.25, 0.3) is 0 Å². The Hall–Kier alpha value is -2.38. The van der Waals surface area contributed by atoms with Gasteiger partial charge in [-0.2, -0.15) is 4.31 Å². The van der Waals surface area contributed by atoms with E-state index in [-0.39, 0.29) is 10.8 Å². The minimum Gasteiger partial charge on any atom is -0.370 e. The molecule has 3 rings (SSSR count). The van der Waals surface area contributed by atoms with Crippen molar-refractivity contribution in [3.05, 3.63) is 53.6 Å². The summed E-state index contributed by atoms with van der Waals surface area (Å²) in [6, 6.07) is 12.4. The first-order chi connectivity index (χ1) is 14.4. The molecule has 6 nitrogen and oxygen atoms in total. The lowest BCUT2D eigenvalue weighted by molar-refractivity contribution is 0.102. The van der Waals surface area contributed by atoms with Crippen molar-refractivity contribution >= 4 is 27.3 Å². The molecule has 1 fully saturated rings. The van der Waals surface area contributed by atoms with Crippen LogP contribution in [-0.4, -0.2) is 44.8 Å². The molecule has 1 saturated heterocycles. The highest BCUT2D eigenvalue weighted by molar-refractivity contribution is 7.89. The van der Waals surface area contributed by atoms with Crippen molar-refractivity contribution in [2.24, 2.45) is 0 Å². The number of hydrogen-bond donors (Lipinski definition) is 1. The van der Waals surface area contributed by atoms with Gasteiger partial charge in [0.15, 0.2) is 0 Å². The van der Waals surface area contributed by atoms with Crippen LogP contribution < -0.4 is 10.2 Å². The Morgan fingerprint density at radius 1 is 1.03 bits per heavy atom. The summed E-state index contributed by atoms with van der Waals surface area (Å²) in [7, 11) is -3.59. The van der Waals surface area contributed by atoms with Crippen LogP contribution in [0.3, 0.4) is 0 Å². The number of anilines is 2. The molecule has 7 heteroatoms. The molecule has 0 aliphatic carbocycles. The van der Waals surface area contributed by atoms with Gasteiger partial charge in [-0.25, -0.2) is 8.42 Å². The molecule has 0 unspecified atom stereocenters. The van der Waals surface area contributed by atoms with E-state index < -0.39 is 10.0 Å². The van der Waals surface area contributed by atoms with E-state index in [1.807, 2.05) is 39.0 Å². The molecule has 162 valence electrons. The van der Waals surface area contributed by atoms with Crippen molar-refractivity contribution in [2.45, 2.75) is 44.9 Å². The predicted octanol–water partition coefficient (Wildman–Crippen LogP) is 4.27. The Morgan fingerprint density at radius 2 is 1.70 bits per heavy atom. The van der Waals surface area contributed by atoms with Crippen LogP contribution in [0, 0.1) is 6.92 Å². The van der Waals surface area contributed by atoms with Gasteiger partial charge in [0.25, 0.3) is 5.91 Å². The number of rotatable bonds is 7. The SMILES string of the molecule is CCN(CC)c1ccc(S(=O)(=O)N2CCCCC2)cc1NC(=O)c1ccccc1C. The molecule has 0 saturated carbocycles. The first-order valence-corrected chi connectivity index (χ1v) is 12.1. The fraction of sp³-hybridized carbons (Fsp3) is 0.435. The number of benzene rings is 2. The number of carbonyl (C=O) groups is 1. The van der Waals surface area contributed by atoms with Crippen molar-refractivity contribution in [2.75, 3.05) is 36.4 Å². The third kappa shape index (κ3) is 4.68. The zero-order valence-corrected chi connectivity index (χ0v) is 18.8. The molecule has 2 aromatic carbocycles. The first kappa shape index (κ1) is 22.3. The first-order valence-electron chi connectivity index (χ1n) is 10.6. The zero-order chi connectivity index (χ0) is 21.7. The van der Waals surface area contributed by atoms with E-state index in [4.69, 9.17) is 0 Å². The fourth-order valence-corrected chi connectivity index (χ4v) is 5.43. The molecule has 30 heavy (non-hydrogen) atoms. The van der Waals surface area contributed by atoms with E-state index in [0.29, 0.717) is 24.3 Å². The molecule has 0 atom stereocenters. The maximum absolute atomic E-state index is 13.2. The summed E-state index contributed by atoms with van der Waals surface area (Å²) in [4.78, 5) is 15.3.